The van der Waals surface area contributed by atoms with Gasteiger partial charge in [0.15, 0.2) is 0 Å². The van der Waals surface area contributed by atoms with Gasteiger partial charge in [0.25, 0.3) is 0 Å². The maximum absolute atomic E-state index is 11.9. The standard InChI is InChI=1S/C20H19ClN2O2/c21-16-6-7-19-18(13-16)15(12-20(24)25-19)14-22-8-10-23(11-9-22)17-4-2-1-3-5-17/h1-7,12-13H,8-11,14H2/p+1. The molecule has 0 radical (unpaired) electrons. The predicted octanol–water partition coefficient (Wildman–Crippen LogP) is 2.35. The zero-order chi connectivity index (χ0) is 17.2. The number of anilines is 1. The molecule has 4 nitrogen and oxygen atoms in total. The molecule has 2 aromatic carbocycles. The third-order valence-corrected chi connectivity index (χ3v) is 5.06. The average molecular weight is 356 g/mol. The van der Waals surface area contributed by atoms with E-state index >= 15 is 0 Å². The van der Waals surface area contributed by atoms with Gasteiger partial charge >= 0.3 is 5.63 Å². The first-order valence-corrected chi connectivity index (χ1v) is 8.93. The molecular formula is C20H20ClN2O2+. The molecule has 5 heteroatoms. The molecule has 1 aliphatic rings. The topological polar surface area (TPSA) is 37.9 Å². The Morgan fingerprint density at radius 3 is 2.56 bits per heavy atom. The number of quaternary nitrogens is 1. The molecule has 1 aliphatic heterocycles. The molecule has 128 valence electrons. The van der Waals surface area contributed by atoms with Crippen molar-refractivity contribution in [2.75, 3.05) is 31.1 Å². The summed E-state index contributed by atoms with van der Waals surface area (Å²) >= 11 is 6.13. The van der Waals surface area contributed by atoms with E-state index in [0.29, 0.717) is 10.6 Å². The van der Waals surface area contributed by atoms with Gasteiger partial charge in [0.1, 0.15) is 12.1 Å². The van der Waals surface area contributed by atoms with Gasteiger partial charge in [-0.25, -0.2) is 4.79 Å². The van der Waals surface area contributed by atoms with Gasteiger partial charge in [-0.3, -0.25) is 0 Å². The number of fused-ring (bicyclic) bond motifs is 1. The second-order valence-electron chi connectivity index (χ2n) is 6.48. The van der Waals surface area contributed by atoms with Crippen molar-refractivity contribution < 1.29 is 9.32 Å². The normalized spacial score (nSPS) is 15.6. The van der Waals surface area contributed by atoms with Gasteiger partial charge in [-0.2, -0.15) is 0 Å². The molecule has 0 aliphatic carbocycles. The van der Waals surface area contributed by atoms with Gasteiger partial charge in [-0.1, -0.05) is 29.8 Å². The molecule has 4 rings (SSSR count). The van der Waals surface area contributed by atoms with Crippen LogP contribution in [0.25, 0.3) is 11.0 Å². The molecule has 1 aromatic heterocycles. The Hall–Kier alpha value is -2.30. The summed E-state index contributed by atoms with van der Waals surface area (Å²) in [5.74, 6) is 0. The second kappa shape index (κ2) is 6.90. The molecule has 1 fully saturated rings. The van der Waals surface area contributed by atoms with Crippen molar-refractivity contribution >= 4 is 28.3 Å². The van der Waals surface area contributed by atoms with E-state index in [0.717, 1.165) is 43.7 Å². The maximum atomic E-state index is 11.9. The fourth-order valence-electron chi connectivity index (χ4n) is 3.51. The van der Waals surface area contributed by atoms with E-state index in [2.05, 4.69) is 29.2 Å². The lowest BCUT2D eigenvalue weighted by Crippen LogP contribution is -3.13. The second-order valence-corrected chi connectivity index (χ2v) is 6.92. The van der Waals surface area contributed by atoms with Crippen LogP contribution in [-0.2, 0) is 6.54 Å². The number of halogens is 1. The first-order chi connectivity index (χ1) is 12.2. The number of piperazine rings is 1. The van der Waals surface area contributed by atoms with Gasteiger partial charge in [-0.15, -0.1) is 0 Å². The third kappa shape index (κ3) is 3.55. The van der Waals surface area contributed by atoms with E-state index in [1.807, 2.05) is 12.1 Å². The quantitative estimate of drug-likeness (QED) is 0.733. The first kappa shape index (κ1) is 16.2. The molecule has 0 bridgehead atoms. The lowest BCUT2D eigenvalue weighted by Gasteiger charge is -2.33. The minimum atomic E-state index is -0.299. The lowest BCUT2D eigenvalue weighted by atomic mass is 10.1. The molecule has 3 aromatic rings. The highest BCUT2D eigenvalue weighted by Gasteiger charge is 2.21. The monoisotopic (exact) mass is 355 g/mol. The highest BCUT2D eigenvalue weighted by Crippen LogP contribution is 2.21. The van der Waals surface area contributed by atoms with E-state index in [9.17, 15) is 4.79 Å². The maximum Gasteiger partial charge on any atom is 0.336 e. The summed E-state index contributed by atoms with van der Waals surface area (Å²) < 4.78 is 5.29. The van der Waals surface area contributed by atoms with E-state index in [1.165, 1.54) is 10.6 Å². The summed E-state index contributed by atoms with van der Waals surface area (Å²) in [4.78, 5) is 15.7. The minimum absolute atomic E-state index is 0.299. The summed E-state index contributed by atoms with van der Waals surface area (Å²) in [6.07, 6.45) is 0. The molecule has 25 heavy (non-hydrogen) atoms. The van der Waals surface area contributed by atoms with Crippen LogP contribution in [0.2, 0.25) is 5.02 Å². The summed E-state index contributed by atoms with van der Waals surface area (Å²) in [5, 5.41) is 1.59. The van der Waals surface area contributed by atoms with Crippen LogP contribution in [0.15, 0.2) is 63.8 Å². The van der Waals surface area contributed by atoms with Crippen LogP contribution in [0, 0.1) is 0 Å². The Labute approximate surface area is 151 Å². The SMILES string of the molecule is O=c1cc(C[NH+]2CCN(c3ccccc3)CC2)c2cc(Cl)ccc2o1. The fraction of sp³-hybridized carbons (Fsp3) is 0.250. The van der Waals surface area contributed by atoms with Crippen LogP contribution in [0.3, 0.4) is 0 Å². The molecule has 0 atom stereocenters. The van der Waals surface area contributed by atoms with Crippen molar-refractivity contribution in [2.24, 2.45) is 0 Å². The summed E-state index contributed by atoms with van der Waals surface area (Å²) in [6, 6.07) is 17.5. The van der Waals surface area contributed by atoms with Crippen molar-refractivity contribution in [2.45, 2.75) is 6.54 Å². The predicted molar refractivity (Wildman–Crippen MR) is 101 cm³/mol. The summed E-state index contributed by atoms with van der Waals surface area (Å²) in [7, 11) is 0. The number of para-hydroxylation sites is 1. The van der Waals surface area contributed by atoms with E-state index in [-0.39, 0.29) is 5.63 Å². The van der Waals surface area contributed by atoms with Crippen molar-refractivity contribution in [3.63, 3.8) is 0 Å². The number of nitrogens with zero attached hydrogens (tertiary/aromatic N) is 1. The van der Waals surface area contributed by atoms with Crippen LogP contribution >= 0.6 is 11.6 Å². The summed E-state index contributed by atoms with van der Waals surface area (Å²) in [5.41, 5.74) is 2.59. The number of hydrogen-bond acceptors (Lipinski definition) is 3. The summed E-state index contributed by atoms with van der Waals surface area (Å²) in [6.45, 7) is 4.92. The van der Waals surface area contributed by atoms with Gasteiger partial charge in [-0.05, 0) is 30.3 Å². The van der Waals surface area contributed by atoms with E-state index in [4.69, 9.17) is 16.0 Å². The molecule has 2 heterocycles. The van der Waals surface area contributed by atoms with E-state index < -0.39 is 0 Å². The molecule has 0 unspecified atom stereocenters. The Kier molecular flexibility index (Phi) is 4.47. The third-order valence-electron chi connectivity index (χ3n) is 4.82. The van der Waals surface area contributed by atoms with Crippen LogP contribution in [-0.4, -0.2) is 26.2 Å². The Morgan fingerprint density at radius 2 is 1.80 bits per heavy atom. The molecule has 0 saturated carbocycles. The van der Waals surface area contributed by atoms with Crippen molar-refractivity contribution in [1.82, 2.24) is 0 Å². The van der Waals surface area contributed by atoms with Crippen LogP contribution < -0.4 is 15.4 Å². The minimum Gasteiger partial charge on any atom is -0.423 e. The van der Waals surface area contributed by atoms with E-state index in [1.54, 1.807) is 18.2 Å². The Morgan fingerprint density at radius 1 is 1.04 bits per heavy atom. The van der Waals surface area contributed by atoms with Crippen LogP contribution in [0.1, 0.15) is 5.56 Å². The Bertz CT molecular complexity index is 931. The largest absolute Gasteiger partial charge is 0.423 e. The molecule has 0 amide bonds. The molecule has 1 saturated heterocycles. The van der Waals surface area contributed by atoms with Crippen LogP contribution in [0.5, 0.6) is 0 Å². The van der Waals surface area contributed by atoms with Crippen molar-refractivity contribution in [1.29, 1.82) is 0 Å². The van der Waals surface area contributed by atoms with Crippen molar-refractivity contribution in [3.05, 3.63) is 75.6 Å². The first-order valence-electron chi connectivity index (χ1n) is 8.55. The van der Waals surface area contributed by atoms with Gasteiger partial charge < -0.3 is 14.2 Å². The number of hydrogen-bond donors (Lipinski definition) is 1. The van der Waals surface area contributed by atoms with Gasteiger partial charge in [0.05, 0.1) is 26.2 Å². The van der Waals surface area contributed by atoms with Gasteiger partial charge in [0.2, 0.25) is 0 Å². The Balaban J connectivity index is 1.51. The van der Waals surface area contributed by atoms with Gasteiger partial charge in [0, 0.05) is 27.7 Å². The average Bonchev–Trinajstić information content (AvgIpc) is 2.64. The highest BCUT2D eigenvalue weighted by atomic mass is 35.5. The molecular weight excluding hydrogens is 336 g/mol. The zero-order valence-electron chi connectivity index (χ0n) is 13.9. The zero-order valence-corrected chi connectivity index (χ0v) is 14.6. The lowest BCUT2D eigenvalue weighted by molar-refractivity contribution is -0.914. The fourth-order valence-corrected chi connectivity index (χ4v) is 3.68. The van der Waals surface area contributed by atoms with Crippen LogP contribution in [0.4, 0.5) is 5.69 Å². The highest BCUT2D eigenvalue weighted by molar-refractivity contribution is 6.31. The molecule has 1 N–H and O–H groups in total. The number of nitrogens with one attached hydrogen (secondary N) is 1. The van der Waals surface area contributed by atoms with Crippen molar-refractivity contribution in [3.8, 4) is 0 Å². The smallest absolute Gasteiger partial charge is 0.336 e. The number of rotatable bonds is 3. The number of benzene rings is 2. The molecule has 0 spiro atoms.